The summed E-state index contributed by atoms with van der Waals surface area (Å²) < 4.78 is 46.6. The van der Waals surface area contributed by atoms with Crippen molar-refractivity contribution in [2.75, 3.05) is 51.3 Å². The molecule has 1 aromatic heterocycles. The number of amides is 2. The molecule has 2 aromatic carbocycles. The maximum atomic E-state index is 15.2. The van der Waals surface area contributed by atoms with E-state index in [1.54, 1.807) is 24.0 Å². The highest BCUT2D eigenvalue weighted by molar-refractivity contribution is 7.93. The Balaban J connectivity index is 1.47. The highest BCUT2D eigenvalue weighted by Gasteiger charge is 2.59. The number of aromatic nitrogens is 1. The van der Waals surface area contributed by atoms with Gasteiger partial charge in [-0.3, -0.25) is 9.59 Å². The number of pyridine rings is 1. The molecular weight excluding hydrogens is 646 g/mol. The summed E-state index contributed by atoms with van der Waals surface area (Å²) >= 11 is 0. The Bertz CT molecular complexity index is 1880. The van der Waals surface area contributed by atoms with E-state index in [0.29, 0.717) is 30.7 Å². The number of carbonyl (C=O) groups excluding carboxylic acids is 2. The number of nitrogens with one attached hydrogen (secondary N) is 1. The van der Waals surface area contributed by atoms with Crippen LogP contribution >= 0.6 is 0 Å². The number of sulfonamides is 1. The summed E-state index contributed by atoms with van der Waals surface area (Å²) in [4.78, 5) is 35.5. The van der Waals surface area contributed by atoms with Gasteiger partial charge in [0.2, 0.25) is 11.8 Å². The molecule has 0 aliphatic carbocycles. The molecule has 4 heterocycles. The van der Waals surface area contributed by atoms with Crippen molar-refractivity contribution < 1.29 is 32.2 Å². The molecule has 0 bridgehead atoms. The van der Waals surface area contributed by atoms with Gasteiger partial charge in [0.05, 0.1) is 38.1 Å². The normalized spacial score (nSPS) is 20.1. The summed E-state index contributed by atoms with van der Waals surface area (Å²) in [5.74, 6) is 0.420. The fourth-order valence-corrected chi connectivity index (χ4v) is 9.24. The van der Waals surface area contributed by atoms with Crippen LogP contribution in [0.3, 0.4) is 0 Å². The molecule has 3 aliphatic heterocycles. The van der Waals surface area contributed by atoms with Gasteiger partial charge in [0.15, 0.2) is 0 Å². The Morgan fingerprint density at radius 1 is 1.02 bits per heavy atom. The molecule has 12 nitrogen and oxygen atoms in total. The first-order chi connectivity index (χ1) is 23.7. The van der Waals surface area contributed by atoms with E-state index < -0.39 is 21.3 Å². The van der Waals surface area contributed by atoms with Crippen LogP contribution in [0.2, 0.25) is 0 Å². The number of carbonyl (C=O) groups is 2. The highest BCUT2D eigenvalue weighted by Crippen LogP contribution is 2.53. The maximum absolute atomic E-state index is 15.2. The van der Waals surface area contributed by atoms with E-state index in [1.165, 1.54) is 56.8 Å². The van der Waals surface area contributed by atoms with E-state index in [1.807, 2.05) is 0 Å². The number of hydrogen-bond acceptors (Lipinski definition) is 10. The molecule has 1 unspecified atom stereocenters. The molecule has 0 spiro atoms. The number of benzene rings is 2. The quantitative estimate of drug-likeness (QED) is 0.331. The number of hydrogen-bond donors (Lipinski definition) is 1. The lowest BCUT2D eigenvalue weighted by atomic mass is 9.72. The number of anilines is 1. The first-order valence-corrected chi connectivity index (χ1v) is 18.1. The first-order valence-electron chi connectivity index (χ1n) is 16.6. The van der Waals surface area contributed by atoms with Crippen LogP contribution in [-0.2, 0) is 25.0 Å². The van der Waals surface area contributed by atoms with Crippen molar-refractivity contribution in [1.82, 2.24) is 15.2 Å². The zero-order chi connectivity index (χ0) is 34.8. The monoisotopic (exact) mass is 687 g/mol. The number of ether oxygens (including phenoxy) is 3. The number of fused-ring (bicyclic) bond motifs is 1. The molecule has 3 aromatic rings. The molecule has 1 atom stereocenters. The van der Waals surface area contributed by atoms with Crippen molar-refractivity contribution in [3.8, 4) is 23.4 Å². The average Bonchev–Trinajstić information content (AvgIpc) is 3.39. The second kappa shape index (κ2) is 14.1. The van der Waals surface area contributed by atoms with Crippen molar-refractivity contribution in [2.24, 2.45) is 11.8 Å². The zero-order valence-corrected chi connectivity index (χ0v) is 28.8. The largest absolute Gasteiger partial charge is 0.497 e. The van der Waals surface area contributed by atoms with E-state index in [-0.39, 0.29) is 57.8 Å². The van der Waals surface area contributed by atoms with Crippen LogP contribution in [0.1, 0.15) is 55.7 Å². The smallest absolute Gasteiger partial charge is 0.274 e. The third-order valence-electron chi connectivity index (χ3n) is 10.1. The molecule has 13 heteroatoms. The molecule has 49 heavy (non-hydrogen) atoms. The number of piperidine rings is 2. The number of nitriles is 1. The van der Waals surface area contributed by atoms with Gasteiger partial charge in [-0.1, -0.05) is 6.07 Å². The molecule has 2 fully saturated rings. The van der Waals surface area contributed by atoms with Gasteiger partial charge in [-0.05, 0) is 99.5 Å². The number of rotatable bonds is 10. The molecule has 1 N–H and O–H groups in total. The molecular formula is C36H41N5O7S. The minimum Gasteiger partial charge on any atom is -0.497 e. The van der Waals surface area contributed by atoms with Crippen LogP contribution in [0.5, 0.6) is 17.4 Å². The van der Waals surface area contributed by atoms with Gasteiger partial charge in [-0.25, -0.2) is 17.7 Å². The van der Waals surface area contributed by atoms with Crippen molar-refractivity contribution in [3.05, 3.63) is 71.4 Å². The Kier molecular flexibility index (Phi) is 9.81. The van der Waals surface area contributed by atoms with Gasteiger partial charge >= 0.3 is 0 Å². The maximum Gasteiger partial charge on any atom is 0.274 e. The van der Waals surface area contributed by atoms with Crippen LogP contribution < -0.4 is 23.8 Å². The Labute approximate surface area is 287 Å². The summed E-state index contributed by atoms with van der Waals surface area (Å²) in [6, 6.07) is 14.0. The van der Waals surface area contributed by atoms with Gasteiger partial charge < -0.3 is 24.4 Å². The molecule has 3 aliphatic rings. The second-order valence-electron chi connectivity index (χ2n) is 12.6. The molecule has 6 rings (SSSR count). The van der Waals surface area contributed by atoms with Gasteiger partial charge in [0.25, 0.3) is 15.9 Å². The van der Waals surface area contributed by atoms with Crippen LogP contribution in [-0.4, -0.2) is 77.1 Å². The number of nitrogens with zero attached hydrogens (tertiary/aromatic N) is 4. The van der Waals surface area contributed by atoms with E-state index in [4.69, 9.17) is 14.2 Å². The molecule has 2 amide bonds. The number of likely N-dealkylation sites (tertiary alicyclic amines) is 1. The van der Waals surface area contributed by atoms with Crippen LogP contribution in [0, 0.1) is 23.2 Å². The van der Waals surface area contributed by atoms with Crippen molar-refractivity contribution in [2.45, 2.75) is 49.3 Å². The molecule has 2 saturated heterocycles. The Morgan fingerprint density at radius 2 is 1.76 bits per heavy atom. The van der Waals surface area contributed by atoms with Gasteiger partial charge in [0, 0.05) is 37.3 Å². The third-order valence-corrected chi connectivity index (χ3v) is 11.9. The predicted octanol–water partition coefficient (Wildman–Crippen LogP) is 4.02. The lowest BCUT2D eigenvalue weighted by molar-refractivity contribution is -0.136. The van der Waals surface area contributed by atoms with E-state index >= 15 is 4.79 Å². The summed E-state index contributed by atoms with van der Waals surface area (Å²) in [6.45, 7) is 5.08. The summed E-state index contributed by atoms with van der Waals surface area (Å²) in [7, 11) is -1.87. The third kappa shape index (κ3) is 6.08. The van der Waals surface area contributed by atoms with Gasteiger partial charge in [-0.2, -0.15) is 5.26 Å². The first kappa shape index (κ1) is 34.2. The minimum atomic E-state index is -4.64. The predicted molar refractivity (Wildman–Crippen MR) is 181 cm³/mol. The van der Waals surface area contributed by atoms with E-state index in [0.717, 1.165) is 43.1 Å². The Morgan fingerprint density at radius 3 is 2.43 bits per heavy atom. The van der Waals surface area contributed by atoms with Gasteiger partial charge in [-0.15, -0.1) is 0 Å². The van der Waals surface area contributed by atoms with Crippen molar-refractivity contribution in [1.29, 1.82) is 5.26 Å². The summed E-state index contributed by atoms with van der Waals surface area (Å²) in [6.07, 6.45) is 5.10. The van der Waals surface area contributed by atoms with E-state index in [2.05, 4.69) is 16.4 Å². The molecule has 0 radical (unpaired) electrons. The average molecular weight is 688 g/mol. The van der Waals surface area contributed by atoms with Crippen LogP contribution in [0.4, 0.5) is 5.69 Å². The molecule has 0 saturated carbocycles. The zero-order valence-electron chi connectivity index (χ0n) is 28.0. The van der Waals surface area contributed by atoms with Crippen LogP contribution in [0.15, 0.2) is 59.6 Å². The number of methoxy groups -OCH3 is 2. The summed E-state index contributed by atoms with van der Waals surface area (Å²) in [5.41, 5.74) is -1.19. The topological polar surface area (TPSA) is 151 Å². The van der Waals surface area contributed by atoms with Gasteiger partial charge in [0.1, 0.15) is 21.8 Å². The highest BCUT2D eigenvalue weighted by atomic mass is 32.2. The lowest BCUT2D eigenvalue weighted by Crippen LogP contribution is -2.49. The standard InChI is InChI=1S/C36H41N5O7S/c1-4-48-34-28(6-5-15-39-34)36(22-33(42)40-18-13-26(14-19-40)25-11-16-38-17-12-25)29-20-24(23-37)7-9-30(29)41(35(36)43)49(44,45)32-10-8-27(46-2)21-31(32)47-3/h5-10,15,20-21,25-26,38H,4,11-14,16-19,22H2,1-3H3. The molecule has 258 valence electrons. The fraction of sp³-hybridized carbons (Fsp3) is 0.444. The van der Waals surface area contributed by atoms with Crippen molar-refractivity contribution >= 4 is 27.5 Å². The minimum absolute atomic E-state index is 0.0241. The van der Waals surface area contributed by atoms with Crippen molar-refractivity contribution in [3.63, 3.8) is 0 Å². The Hall–Kier alpha value is -4.67. The van der Waals surface area contributed by atoms with Crippen LogP contribution in [0.25, 0.3) is 0 Å². The second-order valence-corrected chi connectivity index (χ2v) is 14.4. The van der Waals surface area contributed by atoms with E-state index in [9.17, 15) is 18.5 Å². The summed E-state index contributed by atoms with van der Waals surface area (Å²) in [5, 5.41) is 13.4. The SMILES string of the molecule is CCOc1ncccc1C1(CC(=O)N2CCC(C3CCNCC3)CC2)C(=O)N(S(=O)(=O)c2ccc(OC)cc2OC)c2ccc(C#N)cc21. The fourth-order valence-electron chi connectivity index (χ4n) is 7.62. The lowest BCUT2D eigenvalue weighted by Gasteiger charge is -2.39.